The summed E-state index contributed by atoms with van der Waals surface area (Å²) >= 11 is 1.44. The van der Waals surface area contributed by atoms with Crippen molar-refractivity contribution >= 4 is 34.8 Å². The number of amides is 1. The molecule has 3 N–H and O–H groups in total. The molecular weight excluding hydrogens is 284 g/mol. The van der Waals surface area contributed by atoms with E-state index in [1.807, 2.05) is 24.7 Å². The summed E-state index contributed by atoms with van der Waals surface area (Å²) in [5.74, 6) is -0.0414. The predicted octanol–water partition coefficient (Wildman–Crippen LogP) is 1.85. The number of aromatic nitrogens is 2. The normalized spacial score (nSPS) is 9.95. The van der Waals surface area contributed by atoms with Crippen LogP contribution in [0.15, 0.2) is 23.7 Å². The summed E-state index contributed by atoms with van der Waals surface area (Å²) in [6.45, 7) is 0.640. The first kappa shape index (κ1) is 15.5. The molecule has 2 aromatic heterocycles. The van der Waals surface area contributed by atoms with Gasteiger partial charge in [0.25, 0.3) is 5.91 Å². The van der Waals surface area contributed by atoms with Gasteiger partial charge in [-0.05, 0) is 25.0 Å². The number of nitrogen functional groups attached to an aromatic ring is 1. The second kappa shape index (κ2) is 7.16. The fourth-order valence-corrected chi connectivity index (χ4v) is 2.29. The summed E-state index contributed by atoms with van der Waals surface area (Å²) in [6, 6.07) is 3.66. The number of carbonyl (C=O) groups excluding carboxylic acids is 1. The number of hydrogen-bond donors (Lipinski definition) is 2. The van der Waals surface area contributed by atoms with Crippen molar-refractivity contribution in [3.05, 3.63) is 35.1 Å². The van der Waals surface area contributed by atoms with Gasteiger partial charge in [-0.15, -0.1) is 23.7 Å². The lowest BCUT2D eigenvalue weighted by Gasteiger charge is -2.05. The molecule has 19 heavy (non-hydrogen) atoms. The Kier molecular flexibility index (Phi) is 5.85. The number of nitrogens with one attached hydrogen (secondary N) is 1. The SMILES string of the molecule is Cl.Cn1cccc1C(=O)NCCCc1csc(N)n1. The maximum atomic E-state index is 11.8. The highest BCUT2D eigenvalue weighted by Gasteiger charge is 2.07. The third-order valence-electron chi connectivity index (χ3n) is 2.64. The van der Waals surface area contributed by atoms with Gasteiger partial charge in [0, 0.05) is 25.2 Å². The van der Waals surface area contributed by atoms with Gasteiger partial charge in [0.15, 0.2) is 5.13 Å². The maximum Gasteiger partial charge on any atom is 0.267 e. The molecule has 0 radical (unpaired) electrons. The summed E-state index contributed by atoms with van der Waals surface area (Å²) in [7, 11) is 1.85. The fraction of sp³-hybridized carbons (Fsp3) is 0.333. The van der Waals surface area contributed by atoms with Crippen molar-refractivity contribution in [3.8, 4) is 0 Å². The molecule has 0 aliphatic carbocycles. The summed E-state index contributed by atoms with van der Waals surface area (Å²) < 4.78 is 1.80. The van der Waals surface area contributed by atoms with Crippen molar-refractivity contribution in [2.45, 2.75) is 12.8 Å². The van der Waals surface area contributed by atoms with Gasteiger partial charge >= 0.3 is 0 Å². The Morgan fingerprint density at radius 3 is 2.95 bits per heavy atom. The Morgan fingerprint density at radius 2 is 2.37 bits per heavy atom. The van der Waals surface area contributed by atoms with Gasteiger partial charge in [-0.25, -0.2) is 4.98 Å². The molecule has 7 heteroatoms. The Hall–Kier alpha value is -1.53. The molecule has 0 spiro atoms. The summed E-state index contributed by atoms with van der Waals surface area (Å²) in [6.07, 6.45) is 3.55. The number of aryl methyl sites for hydroxylation is 2. The van der Waals surface area contributed by atoms with E-state index in [1.54, 1.807) is 10.6 Å². The van der Waals surface area contributed by atoms with E-state index in [1.165, 1.54) is 11.3 Å². The van der Waals surface area contributed by atoms with Crippen molar-refractivity contribution in [3.63, 3.8) is 0 Å². The first-order valence-electron chi connectivity index (χ1n) is 5.76. The van der Waals surface area contributed by atoms with Crippen LogP contribution in [-0.2, 0) is 13.5 Å². The zero-order valence-corrected chi connectivity index (χ0v) is 12.3. The number of anilines is 1. The summed E-state index contributed by atoms with van der Waals surface area (Å²) in [4.78, 5) is 15.9. The van der Waals surface area contributed by atoms with E-state index in [2.05, 4.69) is 10.3 Å². The number of nitrogens with two attached hydrogens (primary N) is 1. The monoisotopic (exact) mass is 300 g/mol. The van der Waals surface area contributed by atoms with Crippen molar-refractivity contribution in [1.29, 1.82) is 0 Å². The molecule has 0 bridgehead atoms. The highest BCUT2D eigenvalue weighted by atomic mass is 35.5. The third-order valence-corrected chi connectivity index (χ3v) is 3.36. The molecule has 0 fully saturated rings. The fourth-order valence-electron chi connectivity index (χ4n) is 1.70. The average Bonchev–Trinajstić information content (AvgIpc) is 2.93. The van der Waals surface area contributed by atoms with E-state index in [9.17, 15) is 4.79 Å². The molecule has 0 aromatic carbocycles. The quantitative estimate of drug-likeness (QED) is 0.828. The van der Waals surface area contributed by atoms with E-state index in [4.69, 9.17) is 5.73 Å². The molecule has 0 saturated carbocycles. The lowest BCUT2D eigenvalue weighted by Crippen LogP contribution is -2.26. The van der Waals surface area contributed by atoms with E-state index in [0.29, 0.717) is 17.4 Å². The summed E-state index contributed by atoms with van der Waals surface area (Å²) in [5, 5.41) is 5.44. The van der Waals surface area contributed by atoms with Gasteiger partial charge in [0.05, 0.1) is 5.69 Å². The van der Waals surface area contributed by atoms with Gasteiger partial charge in [-0.2, -0.15) is 0 Å². The minimum absolute atomic E-state index is 0. The number of nitrogens with zero attached hydrogens (tertiary/aromatic N) is 2. The Labute approximate surface area is 122 Å². The topological polar surface area (TPSA) is 72.9 Å². The average molecular weight is 301 g/mol. The van der Waals surface area contributed by atoms with Crippen LogP contribution < -0.4 is 11.1 Å². The molecular formula is C12H17ClN4OS. The minimum Gasteiger partial charge on any atom is -0.375 e. The van der Waals surface area contributed by atoms with Crippen LogP contribution >= 0.6 is 23.7 Å². The third kappa shape index (κ3) is 4.25. The number of thiazole rings is 1. The molecule has 0 atom stereocenters. The van der Waals surface area contributed by atoms with Crippen molar-refractivity contribution in [2.24, 2.45) is 7.05 Å². The Morgan fingerprint density at radius 1 is 1.58 bits per heavy atom. The molecule has 1 amide bonds. The van der Waals surface area contributed by atoms with Crippen LogP contribution in [-0.4, -0.2) is 22.0 Å². The van der Waals surface area contributed by atoms with Crippen LogP contribution in [0.3, 0.4) is 0 Å². The van der Waals surface area contributed by atoms with Gasteiger partial charge in [0.2, 0.25) is 0 Å². The molecule has 5 nitrogen and oxygen atoms in total. The van der Waals surface area contributed by atoms with E-state index >= 15 is 0 Å². The second-order valence-electron chi connectivity index (χ2n) is 4.04. The highest BCUT2D eigenvalue weighted by Crippen LogP contribution is 2.12. The van der Waals surface area contributed by atoms with Crippen LogP contribution in [0.25, 0.3) is 0 Å². The van der Waals surface area contributed by atoms with E-state index in [0.717, 1.165) is 18.5 Å². The summed E-state index contributed by atoms with van der Waals surface area (Å²) in [5.41, 5.74) is 7.21. The number of hydrogen-bond acceptors (Lipinski definition) is 4. The van der Waals surface area contributed by atoms with Crippen LogP contribution in [0.1, 0.15) is 22.6 Å². The molecule has 0 aliphatic heterocycles. The zero-order valence-electron chi connectivity index (χ0n) is 10.6. The van der Waals surface area contributed by atoms with E-state index in [-0.39, 0.29) is 18.3 Å². The molecule has 0 saturated heterocycles. The second-order valence-corrected chi connectivity index (χ2v) is 4.93. The van der Waals surface area contributed by atoms with Crippen molar-refractivity contribution in [1.82, 2.24) is 14.9 Å². The minimum atomic E-state index is -0.0414. The van der Waals surface area contributed by atoms with Gasteiger partial charge in [-0.1, -0.05) is 0 Å². The van der Waals surface area contributed by atoms with Gasteiger partial charge < -0.3 is 15.6 Å². The first-order valence-corrected chi connectivity index (χ1v) is 6.64. The molecule has 2 rings (SSSR count). The number of halogens is 1. The number of rotatable bonds is 5. The van der Waals surface area contributed by atoms with Crippen LogP contribution in [0.2, 0.25) is 0 Å². The Balaban J connectivity index is 0.00000180. The lowest BCUT2D eigenvalue weighted by atomic mass is 10.2. The molecule has 0 aliphatic rings. The van der Waals surface area contributed by atoms with Crippen LogP contribution in [0, 0.1) is 0 Å². The lowest BCUT2D eigenvalue weighted by molar-refractivity contribution is 0.0945. The van der Waals surface area contributed by atoms with Crippen molar-refractivity contribution in [2.75, 3.05) is 12.3 Å². The Bertz CT molecular complexity index is 537. The largest absolute Gasteiger partial charge is 0.375 e. The molecule has 2 aromatic rings. The first-order chi connectivity index (χ1) is 8.66. The molecule has 2 heterocycles. The van der Waals surface area contributed by atoms with E-state index < -0.39 is 0 Å². The van der Waals surface area contributed by atoms with Gasteiger partial charge in [-0.3, -0.25) is 4.79 Å². The van der Waals surface area contributed by atoms with Gasteiger partial charge in [0.1, 0.15) is 5.69 Å². The predicted molar refractivity (Wildman–Crippen MR) is 79.8 cm³/mol. The standard InChI is InChI=1S/C12H16N4OS.ClH/c1-16-7-3-5-10(16)11(17)14-6-2-4-9-8-18-12(13)15-9;/h3,5,7-8H,2,4,6H2,1H3,(H2,13,15)(H,14,17);1H. The highest BCUT2D eigenvalue weighted by molar-refractivity contribution is 7.13. The van der Waals surface area contributed by atoms with Crippen LogP contribution in [0.5, 0.6) is 0 Å². The smallest absolute Gasteiger partial charge is 0.267 e. The zero-order chi connectivity index (χ0) is 13.0. The van der Waals surface area contributed by atoms with Crippen molar-refractivity contribution < 1.29 is 4.79 Å². The van der Waals surface area contributed by atoms with Crippen LogP contribution in [0.4, 0.5) is 5.13 Å². The molecule has 0 unspecified atom stereocenters. The number of carbonyl (C=O) groups is 1. The molecule has 104 valence electrons. The maximum absolute atomic E-state index is 11.8.